The first kappa shape index (κ1) is 23.3. The predicted octanol–water partition coefficient (Wildman–Crippen LogP) is 3.69. The molecule has 166 valence electrons. The number of anilines is 1. The van der Waals surface area contributed by atoms with Crippen LogP contribution in [0.3, 0.4) is 0 Å². The molecule has 1 heterocycles. The summed E-state index contributed by atoms with van der Waals surface area (Å²) in [5, 5.41) is 0.578. The van der Waals surface area contributed by atoms with Crippen molar-refractivity contribution in [3.05, 3.63) is 64.7 Å². The molecule has 3 rings (SSSR count). The standard InChI is InChI=1S/C24H30ClN3O3/c1-18(2)28(24(30)19-8-5-4-6-9-19)22-11-7-10-21(25)20(22)16-26(3)17-23(29)27-12-14-31-15-13-27/h4-11,18H,12-17H2,1-3H3. The average molecular weight is 444 g/mol. The number of nitrogens with zero attached hydrogens (tertiary/aromatic N) is 3. The van der Waals surface area contributed by atoms with Crippen LogP contribution in [0.5, 0.6) is 0 Å². The quantitative estimate of drug-likeness (QED) is 0.655. The van der Waals surface area contributed by atoms with Gasteiger partial charge < -0.3 is 14.5 Å². The van der Waals surface area contributed by atoms with E-state index in [1.807, 2.05) is 79.2 Å². The van der Waals surface area contributed by atoms with Gasteiger partial charge in [0.05, 0.1) is 25.4 Å². The largest absolute Gasteiger partial charge is 0.378 e. The predicted molar refractivity (Wildman–Crippen MR) is 124 cm³/mol. The number of halogens is 1. The zero-order chi connectivity index (χ0) is 22.4. The molecule has 0 N–H and O–H groups in total. The van der Waals surface area contributed by atoms with Gasteiger partial charge in [-0.3, -0.25) is 14.5 Å². The first-order valence-electron chi connectivity index (χ1n) is 10.6. The molecule has 0 saturated carbocycles. The van der Waals surface area contributed by atoms with Gasteiger partial charge in [-0.05, 0) is 45.2 Å². The van der Waals surface area contributed by atoms with Crippen molar-refractivity contribution in [1.82, 2.24) is 9.80 Å². The molecule has 0 spiro atoms. The highest BCUT2D eigenvalue weighted by atomic mass is 35.5. The molecule has 7 heteroatoms. The molecule has 2 aromatic rings. The maximum atomic E-state index is 13.3. The Hall–Kier alpha value is -2.41. The third-order valence-electron chi connectivity index (χ3n) is 5.31. The van der Waals surface area contributed by atoms with Crippen LogP contribution >= 0.6 is 11.6 Å². The molecular weight excluding hydrogens is 414 g/mol. The highest BCUT2D eigenvalue weighted by Gasteiger charge is 2.25. The van der Waals surface area contributed by atoms with E-state index >= 15 is 0 Å². The van der Waals surface area contributed by atoms with Gasteiger partial charge in [-0.25, -0.2) is 0 Å². The Morgan fingerprint density at radius 2 is 1.74 bits per heavy atom. The molecule has 2 aromatic carbocycles. The van der Waals surface area contributed by atoms with Crippen LogP contribution in [0.1, 0.15) is 29.8 Å². The second-order valence-corrected chi connectivity index (χ2v) is 8.45. The molecule has 1 aliphatic heterocycles. The molecule has 0 radical (unpaired) electrons. The zero-order valence-electron chi connectivity index (χ0n) is 18.4. The van der Waals surface area contributed by atoms with E-state index < -0.39 is 0 Å². The Balaban J connectivity index is 1.82. The number of likely N-dealkylation sites (N-methyl/N-ethyl adjacent to an activating group) is 1. The van der Waals surface area contributed by atoms with Crippen molar-refractivity contribution in [1.29, 1.82) is 0 Å². The van der Waals surface area contributed by atoms with Crippen LogP contribution < -0.4 is 4.90 Å². The van der Waals surface area contributed by atoms with Gasteiger partial charge in [0.2, 0.25) is 5.91 Å². The van der Waals surface area contributed by atoms with Crippen LogP contribution in [0.4, 0.5) is 5.69 Å². The number of amides is 2. The van der Waals surface area contributed by atoms with Crippen LogP contribution in [-0.4, -0.2) is 67.6 Å². The van der Waals surface area contributed by atoms with Gasteiger partial charge in [0.15, 0.2) is 0 Å². The molecule has 1 saturated heterocycles. The molecule has 31 heavy (non-hydrogen) atoms. The summed E-state index contributed by atoms with van der Waals surface area (Å²) in [7, 11) is 1.89. The van der Waals surface area contributed by atoms with E-state index in [1.165, 1.54) is 0 Å². The van der Waals surface area contributed by atoms with Gasteiger partial charge in [0.1, 0.15) is 0 Å². The van der Waals surface area contributed by atoms with Gasteiger partial charge in [0.25, 0.3) is 5.91 Å². The van der Waals surface area contributed by atoms with Gasteiger partial charge in [-0.2, -0.15) is 0 Å². The van der Waals surface area contributed by atoms with E-state index in [2.05, 4.69) is 0 Å². The first-order chi connectivity index (χ1) is 14.9. The zero-order valence-corrected chi connectivity index (χ0v) is 19.1. The highest BCUT2D eigenvalue weighted by molar-refractivity contribution is 6.32. The lowest BCUT2D eigenvalue weighted by molar-refractivity contribution is -0.136. The topological polar surface area (TPSA) is 53.1 Å². The van der Waals surface area contributed by atoms with Gasteiger partial charge in [-0.1, -0.05) is 35.9 Å². The summed E-state index contributed by atoms with van der Waals surface area (Å²) in [6, 6.07) is 14.8. The molecule has 0 aromatic heterocycles. The second kappa shape index (κ2) is 10.8. The summed E-state index contributed by atoms with van der Waals surface area (Å²) in [5.74, 6) is -0.00774. The number of carbonyl (C=O) groups is 2. The van der Waals surface area contributed by atoms with Crippen LogP contribution in [0, 0.1) is 0 Å². The number of ether oxygens (including phenoxy) is 1. The Bertz CT molecular complexity index is 898. The molecule has 0 atom stereocenters. The Kier molecular flexibility index (Phi) is 8.07. The molecule has 1 aliphatic rings. The Morgan fingerprint density at radius 1 is 1.06 bits per heavy atom. The lowest BCUT2D eigenvalue weighted by atomic mass is 10.1. The second-order valence-electron chi connectivity index (χ2n) is 8.04. The van der Waals surface area contributed by atoms with Crippen LogP contribution in [0.25, 0.3) is 0 Å². The minimum Gasteiger partial charge on any atom is -0.378 e. The number of hydrogen-bond donors (Lipinski definition) is 0. The minimum atomic E-state index is -0.0776. The fourth-order valence-electron chi connectivity index (χ4n) is 3.74. The van der Waals surface area contributed by atoms with Crippen molar-refractivity contribution in [3.63, 3.8) is 0 Å². The van der Waals surface area contributed by atoms with E-state index in [0.717, 1.165) is 11.3 Å². The normalized spacial score (nSPS) is 14.2. The summed E-state index contributed by atoms with van der Waals surface area (Å²) in [6.45, 7) is 7.10. The van der Waals surface area contributed by atoms with Gasteiger partial charge in [0, 0.05) is 41.8 Å². The van der Waals surface area contributed by atoms with Crippen molar-refractivity contribution in [2.75, 3.05) is 44.8 Å². The molecule has 0 unspecified atom stereocenters. The number of morpholine rings is 1. The SMILES string of the molecule is CC(C)N(C(=O)c1ccccc1)c1cccc(Cl)c1CN(C)CC(=O)N1CCOCC1. The van der Waals surface area contributed by atoms with Crippen LogP contribution in [0.15, 0.2) is 48.5 Å². The smallest absolute Gasteiger partial charge is 0.258 e. The summed E-state index contributed by atoms with van der Waals surface area (Å²) < 4.78 is 5.33. The number of hydrogen-bond acceptors (Lipinski definition) is 4. The van der Waals surface area contributed by atoms with Crippen molar-refractivity contribution in [2.45, 2.75) is 26.4 Å². The maximum absolute atomic E-state index is 13.3. The van der Waals surface area contributed by atoms with Crippen molar-refractivity contribution >= 4 is 29.1 Å². The lowest BCUT2D eigenvalue weighted by Crippen LogP contribution is -2.45. The Morgan fingerprint density at radius 3 is 2.39 bits per heavy atom. The van der Waals surface area contributed by atoms with E-state index in [1.54, 1.807) is 4.90 Å². The summed E-state index contributed by atoms with van der Waals surface area (Å²) in [6.07, 6.45) is 0. The monoisotopic (exact) mass is 443 g/mol. The summed E-state index contributed by atoms with van der Waals surface area (Å²) in [4.78, 5) is 31.5. The molecule has 1 fully saturated rings. The maximum Gasteiger partial charge on any atom is 0.258 e. The Labute approximate surface area is 189 Å². The van der Waals surface area contributed by atoms with Crippen LogP contribution in [-0.2, 0) is 16.1 Å². The fraction of sp³-hybridized carbons (Fsp3) is 0.417. The highest BCUT2D eigenvalue weighted by Crippen LogP contribution is 2.31. The summed E-state index contributed by atoms with van der Waals surface area (Å²) >= 11 is 6.58. The van der Waals surface area contributed by atoms with Gasteiger partial charge >= 0.3 is 0 Å². The van der Waals surface area contributed by atoms with E-state index in [9.17, 15) is 9.59 Å². The van der Waals surface area contributed by atoms with Crippen molar-refractivity contribution < 1.29 is 14.3 Å². The van der Waals surface area contributed by atoms with E-state index in [-0.39, 0.29) is 24.4 Å². The molecule has 0 bridgehead atoms. The van der Waals surface area contributed by atoms with Crippen molar-refractivity contribution in [2.24, 2.45) is 0 Å². The average Bonchev–Trinajstić information content (AvgIpc) is 2.77. The third-order valence-corrected chi connectivity index (χ3v) is 5.66. The third kappa shape index (κ3) is 5.85. The molecule has 0 aliphatic carbocycles. The number of carbonyl (C=O) groups excluding carboxylic acids is 2. The molecule has 2 amide bonds. The molecule has 6 nitrogen and oxygen atoms in total. The molecular formula is C24H30ClN3O3. The number of rotatable bonds is 7. The summed E-state index contributed by atoms with van der Waals surface area (Å²) in [5.41, 5.74) is 2.22. The first-order valence-corrected chi connectivity index (χ1v) is 11.0. The van der Waals surface area contributed by atoms with E-state index in [0.29, 0.717) is 43.4 Å². The van der Waals surface area contributed by atoms with Crippen molar-refractivity contribution in [3.8, 4) is 0 Å². The van der Waals surface area contributed by atoms with E-state index in [4.69, 9.17) is 16.3 Å². The number of benzene rings is 2. The van der Waals surface area contributed by atoms with Crippen LogP contribution in [0.2, 0.25) is 5.02 Å². The lowest BCUT2D eigenvalue weighted by Gasteiger charge is -2.31. The fourth-order valence-corrected chi connectivity index (χ4v) is 3.97. The van der Waals surface area contributed by atoms with Gasteiger partial charge in [-0.15, -0.1) is 0 Å². The minimum absolute atomic E-state index is 0.0646.